The van der Waals surface area contributed by atoms with Gasteiger partial charge in [0.15, 0.2) is 0 Å². The van der Waals surface area contributed by atoms with Crippen molar-refractivity contribution in [3.8, 4) is 12.3 Å². The molecule has 0 saturated heterocycles. The molecule has 0 aliphatic heterocycles. The van der Waals surface area contributed by atoms with Crippen LogP contribution in [0.25, 0.3) is 0 Å². The van der Waals surface area contributed by atoms with Crippen LogP contribution in [0.5, 0.6) is 0 Å². The van der Waals surface area contributed by atoms with E-state index in [1.54, 1.807) is 11.8 Å². The molecule has 0 aromatic heterocycles. The van der Waals surface area contributed by atoms with Crippen LogP contribution < -0.4 is 5.32 Å². The van der Waals surface area contributed by atoms with Gasteiger partial charge in [-0.3, -0.25) is 4.79 Å². The van der Waals surface area contributed by atoms with Crippen LogP contribution in [0.3, 0.4) is 0 Å². The van der Waals surface area contributed by atoms with E-state index in [0.717, 1.165) is 17.7 Å². The molecule has 1 rings (SSSR count). The number of amides is 1. The maximum absolute atomic E-state index is 12.0. The number of nitrogens with one attached hydrogen (secondary N) is 1. The maximum atomic E-state index is 12.0. The molecule has 0 bridgehead atoms. The zero-order valence-electron chi connectivity index (χ0n) is 10.2. The lowest BCUT2D eigenvalue weighted by Crippen LogP contribution is -2.33. The van der Waals surface area contributed by atoms with Crippen molar-refractivity contribution in [2.75, 3.05) is 6.26 Å². The molecule has 1 aromatic carbocycles. The van der Waals surface area contributed by atoms with Gasteiger partial charge in [-0.05, 0) is 24.8 Å². The standard InChI is InChI=1S/C14H17NOS/c1-4-8-11(5-2)15-14(16)12-9-6-7-10-13(12)17-3/h2,6-7,9-11H,4,8H2,1,3H3,(H,15,16). The summed E-state index contributed by atoms with van der Waals surface area (Å²) in [6, 6.07) is 7.36. The zero-order chi connectivity index (χ0) is 12.7. The summed E-state index contributed by atoms with van der Waals surface area (Å²) in [5, 5.41) is 2.87. The predicted molar refractivity (Wildman–Crippen MR) is 73.2 cm³/mol. The van der Waals surface area contributed by atoms with Gasteiger partial charge in [0.1, 0.15) is 0 Å². The van der Waals surface area contributed by atoms with Gasteiger partial charge in [0.25, 0.3) is 5.91 Å². The summed E-state index contributed by atoms with van der Waals surface area (Å²) in [4.78, 5) is 13.0. The van der Waals surface area contributed by atoms with Crippen molar-refractivity contribution in [3.05, 3.63) is 29.8 Å². The molecule has 0 spiro atoms. The molecule has 1 amide bonds. The van der Waals surface area contributed by atoms with Crippen molar-refractivity contribution in [2.24, 2.45) is 0 Å². The Morgan fingerprint density at radius 3 is 2.82 bits per heavy atom. The van der Waals surface area contributed by atoms with Crippen LogP contribution in [0.15, 0.2) is 29.2 Å². The molecule has 1 N–H and O–H groups in total. The molecule has 0 aliphatic carbocycles. The third-order valence-corrected chi connectivity index (χ3v) is 3.23. The molecule has 90 valence electrons. The summed E-state index contributed by atoms with van der Waals surface area (Å²) in [7, 11) is 0. The van der Waals surface area contributed by atoms with Crippen molar-refractivity contribution in [2.45, 2.75) is 30.7 Å². The summed E-state index contributed by atoms with van der Waals surface area (Å²) < 4.78 is 0. The molecule has 0 heterocycles. The minimum atomic E-state index is -0.178. The molecule has 0 fully saturated rings. The first-order valence-electron chi connectivity index (χ1n) is 5.63. The minimum Gasteiger partial charge on any atom is -0.338 e. The number of thioether (sulfide) groups is 1. The van der Waals surface area contributed by atoms with Gasteiger partial charge >= 0.3 is 0 Å². The van der Waals surface area contributed by atoms with Crippen LogP contribution in [0, 0.1) is 12.3 Å². The summed E-state index contributed by atoms with van der Waals surface area (Å²) in [5.41, 5.74) is 0.691. The second-order valence-electron chi connectivity index (χ2n) is 3.68. The van der Waals surface area contributed by atoms with Gasteiger partial charge in [-0.25, -0.2) is 0 Å². The fourth-order valence-corrected chi connectivity index (χ4v) is 2.15. The molecule has 1 atom stereocenters. The second kappa shape index (κ2) is 7.03. The highest BCUT2D eigenvalue weighted by Gasteiger charge is 2.13. The Balaban J connectivity index is 2.79. The van der Waals surface area contributed by atoms with Gasteiger partial charge in [0, 0.05) is 4.90 Å². The Hall–Kier alpha value is -1.40. The van der Waals surface area contributed by atoms with Crippen LogP contribution in [0.4, 0.5) is 0 Å². The number of carbonyl (C=O) groups excluding carboxylic acids is 1. The molecule has 0 radical (unpaired) electrons. The lowest BCUT2D eigenvalue weighted by atomic mass is 10.1. The lowest BCUT2D eigenvalue weighted by molar-refractivity contribution is 0.0941. The number of rotatable bonds is 5. The van der Waals surface area contributed by atoms with Gasteiger partial charge in [0.05, 0.1) is 11.6 Å². The van der Waals surface area contributed by atoms with Crippen LogP contribution >= 0.6 is 11.8 Å². The quantitative estimate of drug-likeness (QED) is 0.640. The minimum absolute atomic E-state index is 0.0913. The van der Waals surface area contributed by atoms with E-state index >= 15 is 0 Å². The van der Waals surface area contributed by atoms with Crippen molar-refractivity contribution >= 4 is 17.7 Å². The molecular formula is C14H17NOS. The van der Waals surface area contributed by atoms with Crippen molar-refractivity contribution in [3.63, 3.8) is 0 Å². The number of terminal acetylenes is 1. The molecule has 1 unspecified atom stereocenters. The smallest absolute Gasteiger partial charge is 0.253 e. The van der Waals surface area contributed by atoms with Crippen LogP contribution in [0.1, 0.15) is 30.1 Å². The monoisotopic (exact) mass is 247 g/mol. The van der Waals surface area contributed by atoms with Crippen molar-refractivity contribution in [1.82, 2.24) is 5.32 Å². The van der Waals surface area contributed by atoms with Crippen molar-refractivity contribution < 1.29 is 4.79 Å². The molecule has 1 aromatic rings. The highest BCUT2D eigenvalue weighted by molar-refractivity contribution is 7.98. The summed E-state index contributed by atoms with van der Waals surface area (Å²) in [6.45, 7) is 2.05. The maximum Gasteiger partial charge on any atom is 0.253 e. The Morgan fingerprint density at radius 2 is 2.24 bits per heavy atom. The van der Waals surface area contributed by atoms with E-state index in [4.69, 9.17) is 6.42 Å². The molecule has 2 nitrogen and oxygen atoms in total. The Labute approximate surface area is 107 Å². The topological polar surface area (TPSA) is 29.1 Å². The number of hydrogen-bond acceptors (Lipinski definition) is 2. The van der Waals surface area contributed by atoms with Crippen LogP contribution in [-0.4, -0.2) is 18.2 Å². The molecule has 17 heavy (non-hydrogen) atoms. The first kappa shape index (κ1) is 13.7. The largest absolute Gasteiger partial charge is 0.338 e. The molecule has 0 saturated carbocycles. The molecular weight excluding hydrogens is 230 g/mol. The van der Waals surface area contributed by atoms with Crippen LogP contribution in [0.2, 0.25) is 0 Å². The van der Waals surface area contributed by atoms with Gasteiger partial charge in [-0.2, -0.15) is 0 Å². The summed E-state index contributed by atoms with van der Waals surface area (Å²) in [6.07, 6.45) is 9.11. The Kier molecular flexibility index (Phi) is 5.65. The second-order valence-corrected chi connectivity index (χ2v) is 4.53. The summed E-state index contributed by atoms with van der Waals surface area (Å²) >= 11 is 1.56. The highest BCUT2D eigenvalue weighted by atomic mass is 32.2. The van der Waals surface area contributed by atoms with E-state index < -0.39 is 0 Å². The first-order chi connectivity index (χ1) is 8.22. The SMILES string of the molecule is C#CC(CCC)NC(=O)c1ccccc1SC. The number of carbonyl (C=O) groups is 1. The van der Waals surface area contributed by atoms with Gasteiger partial charge in [0.2, 0.25) is 0 Å². The highest BCUT2D eigenvalue weighted by Crippen LogP contribution is 2.19. The fourth-order valence-electron chi connectivity index (χ4n) is 1.55. The predicted octanol–water partition coefficient (Wildman–Crippen LogP) is 2.94. The lowest BCUT2D eigenvalue weighted by Gasteiger charge is -2.13. The normalized spacial score (nSPS) is 11.6. The van der Waals surface area contributed by atoms with E-state index in [9.17, 15) is 4.79 Å². The van der Waals surface area contributed by atoms with Gasteiger partial charge in [-0.1, -0.05) is 31.4 Å². The van der Waals surface area contributed by atoms with E-state index in [2.05, 4.69) is 11.2 Å². The van der Waals surface area contributed by atoms with Crippen molar-refractivity contribution in [1.29, 1.82) is 0 Å². The number of hydrogen-bond donors (Lipinski definition) is 1. The third-order valence-electron chi connectivity index (χ3n) is 2.44. The number of benzene rings is 1. The third kappa shape index (κ3) is 3.83. The van der Waals surface area contributed by atoms with E-state index in [1.165, 1.54) is 0 Å². The zero-order valence-corrected chi connectivity index (χ0v) is 11.0. The molecule has 0 aliphatic rings. The Morgan fingerprint density at radius 1 is 1.53 bits per heavy atom. The Bertz CT molecular complexity index is 422. The van der Waals surface area contributed by atoms with E-state index in [-0.39, 0.29) is 11.9 Å². The first-order valence-corrected chi connectivity index (χ1v) is 6.85. The van der Waals surface area contributed by atoms with E-state index in [0.29, 0.717) is 5.56 Å². The fraction of sp³-hybridized carbons (Fsp3) is 0.357. The average molecular weight is 247 g/mol. The van der Waals surface area contributed by atoms with Gasteiger partial charge < -0.3 is 5.32 Å². The summed E-state index contributed by atoms with van der Waals surface area (Å²) in [5.74, 6) is 2.51. The van der Waals surface area contributed by atoms with Crippen LogP contribution in [-0.2, 0) is 0 Å². The van der Waals surface area contributed by atoms with Gasteiger partial charge in [-0.15, -0.1) is 18.2 Å². The van der Waals surface area contributed by atoms with E-state index in [1.807, 2.05) is 37.4 Å². The molecule has 3 heteroatoms. The average Bonchev–Trinajstić information content (AvgIpc) is 2.38.